The van der Waals surface area contributed by atoms with Gasteiger partial charge in [-0.05, 0) is 23.8 Å². The van der Waals surface area contributed by atoms with E-state index in [9.17, 15) is 13.2 Å². The average molecular weight is 377 g/mol. The number of carbonyl (C=O) groups excluding carboxylic acids is 1. The number of rotatable bonds is 7. The molecule has 1 amide bonds. The molecule has 0 aliphatic rings. The van der Waals surface area contributed by atoms with Gasteiger partial charge in [0, 0.05) is 32.2 Å². The van der Waals surface area contributed by atoms with Gasteiger partial charge in [0.1, 0.15) is 10.6 Å². The molecule has 0 saturated carbocycles. The van der Waals surface area contributed by atoms with Crippen LogP contribution in [0.5, 0.6) is 5.75 Å². The summed E-state index contributed by atoms with van der Waals surface area (Å²) >= 11 is 0. The topological polar surface area (TPSA) is 102 Å². The molecule has 0 fully saturated rings. The zero-order valence-corrected chi connectivity index (χ0v) is 15.8. The lowest BCUT2D eigenvalue weighted by atomic mass is 10.1. The average Bonchev–Trinajstić information content (AvgIpc) is 2.65. The zero-order valence-electron chi connectivity index (χ0n) is 15.0. The number of amides is 1. The standard InChI is InChI=1S/C18H23N3O4S/c1-21(2)26(23,24)17-11-14(9-10-16(17)25-3)18(22)20-12-15(19)13-7-5-4-6-8-13/h4-11,15H,12,19H2,1-3H3,(H,20,22). The summed E-state index contributed by atoms with van der Waals surface area (Å²) in [4.78, 5) is 12.3. The molecule has 0 heterocycles. The number of sulfonamides is 1. The summed E-state index contributed by atoms with van der Waals surface area (Å²) < 4.78 is 31.0. The van der Waals surface area contributed by atoms with Gasteiger partial charge in [-0.3, -0.25) is 4.79 Å². The van der Waals surface area contributed by atoms with Crippen LogP contribution in [0.2, 0.25) is 0 Å². The predicted molar refractivity (Wildman–Crippen MR) is 99.6 cm³/mol. The van der Waals surface area contributed by atoms with Gasteiger partial charge in [0.25, 0.3) is 5.91 Å². The van der Waals surface area contributed by atoms with Crippen molar-refractivity contribution in [3.8, 4) is 5.75 Å². The van der Waals surface area contributed by atoms with Gasteiger partial charge in [-0.1, -0.05) is 30.3 Å². The number of carbonyl (C=O) groups is 1. The maximum Gasteiger partial charge on any atom is 0.251 e. The Balaban J connectivity index is 2.19. The Kier molecular flexibility index (Phi) is 6.36. The lowest BCUT2D eigenvalue weighted by molar-refractivity contribution is 0.0951. The molecule has 0 radical (unpaired) electrons. The number of nitrogens with zero attached hydrogens (tertiary/aromatic N) is 1. The van der Waals surface area contributed by atoms with Crippen LogP contribution in [-0.4, -0.2) is 46.4 Å². The normalized spacial score (nSPS) is 12.7. The summed E-state index contributed by atoms with van der Waals surface area (Å²) in [7, 11) is 0.465. The van der Waals surface area contributed by atoms with Crippen molar-refractivity contribution in [3.05, 3.63) is 59.7 Å². The van der Waals surface area contributed by atoms with Crippen LogP contribution in [0.3, 0.4) is 0 Å². The van der Waals surface area contributed by atoms with Gasteiger partial charge in [0.2, 0.25) is 10.0 Å². The Hall–Kier alpha value is -2.42. The molecule has 0 aromatic heterocycles. The predicted octanol–water partition coefficient (Wildman–Crippen LogP) is 1.38. The SMILES string of the molecule is COc1ccc(C(=O)NCC(N)c2ccccc2)cc1S(=O)(=O)N(C)C. The van der Waals surface area contributed by atoms with Crippen molar-refractivity contribution >= 4 is 15.9 Å². The summed E-state index contributed by atoms with van der Waals surface area (Å²) in [6.45, 7) is 0.227. The second kappa shape index (κ2) is 8.31. The number of hydrogen-bond donors (Lipinski definition) is 2. The highest BCUT2D eigenvalue weighted by Crippen LogP contribution is 2.26. The number of hydrogen-bond acceptors (Lipinski definition) is 5. The van der Waals surface area contributed by atoms with Crippen LogP contribution >= 0.6 is 0 Å². The number of nitrogens with one attached hydrogen (secondary N) is 1. The van der Waals surface area contributed by atoms with Gasteiger partial charge >= 0.3 is 0 Å². The fraction of sp³-hybridized carbons (Fsp3) is 0.278. The number of methoxy groups -OCH3 is 1. The van der Waals surface area contributed by atoms with Crippen LogP contribution in [0.25, 0.3) is 0 Å². The van der Waals surface area contributed by atoms with Gasteiger partial charge < -0.3 is 15.8 Å². The fourth-order valence-corrected chi connectivity index (χ4v) is 3.41. The second-order valence-corrected chi connectivity index (χ2v) is 8.00. The molecule has 1 atom stereocenters. The molecule has 2 rings (SSSR count). The van der Waals surface area contributed by atoms with Crippen molar-refractivity contribution in [2.45, 2.75) is 10.9 Å². The molecule has 3 N–H and O–H groups in total. The first-order valence-electron chi connectivity index (χ1n) is 7.96. The van der Waals surface area contributed by atoms with Gasteiger partial charge in [-0.25, -0.2) is 12.7 Å². The van der Waals surface area contributed by atoms with Crippen molar-refractivity contribution in [2.24, 2.45) is 5.73 Å². The third-order valence-corrected chi connectivity index (χ3v) is 5.73. The third kappa shape index (κ3) is 4.40. The van der Waals surface area contributed by atoms with E-state index in [0.717, 1.165) is 9.87 Å². The molecule has 26 heavy (non-hydrogen) atoms. The molecule has 0 aliphatic heterocycles. The summed E-state index contributed by atoms with van der Waals surface area (Å²) in [5.74, 6) is -0.231. The van der Waals surface area contributed by atoms with Gasteiger partial charge in [-0.2, -0.15) is 0 Å². The first-order chi connectivity index (χ1) is 12.3. The maximum atomic E-state index is 12.4. The highest BCUT2D eigenvalue weighted by Gasteiger charge is 2.24. The van der Waals surface area contributed by atoms with Crippen molar-refractivity contribution in [1.29, 1.82) is 0 Å². The molecule has 2 aromatic carbocycles. The van der Waals surface area contributed by atoms with E-state index < -0.39 is 15.9 Å². The van der Waals surface area contributed by atoms with Crippen molar-refractivity contribution in [1.82, 2.24) is 9.62 Å². The van der Waals surface area contributed by atoms with Gasteiger partial charge in [-0.15, -0.1) is 0 Å². The van der Waals surface area contributed by atoms with Crippen LogP contribution in [0, 0.1) is 0 Å². The summed E-state index contributed by atoms with van der Waals surface area (Å²) in [5.41, 5.74) is 7.18. The number of nitrogens with two attached hydrogens (primary N) is 1. The molecule has 0 spiro atoms. The van der Waals surface area contributed by atoms with E-state index in [1.807, 2.05) is 30.3 Å². The van der Waals surface area contributed by atoms with E-state index in [0.29, 0.717) is 0 Å². The number of benzene rings is 2. The molecule has 0 saturated heterocycles. The molecule has 0 bridgehead atoms. The Morgan fingerprint density at radius 1 is 1.19 bits per heavy atom. The van der Waals surface area contributed by atoms with E-state index in [1.165, 1.54) is 39.4 Å². The van der Waals surface area contributed by atoms with Crippen LogP contribution in [0.15, 0.2) is 53.4 Å². The Morgan fingerprint density at radius 3 is 2.42 bits per heavy atom. The van der Waals surface area contributed by atoms with Crippen LogP contribution in [-0.2, 0) is 10.0 Å². The molecule has 1 unspecified atom stereocenters. The van der Waals surface area contributed by atoms with E-state index in [1.54, 1.807) is 0 Å². The van der Waals surface area contributed by atoms with Gasteiger partial charge in [0.05, 0.1) is 7.11 Å². The smallest absolute Gasteiger partial charge is 0.251 e. The lowest BCUT2D eigenvalue weighted by Gasteiger charge is -2.16. The molecule has 0 aliphatic carbocycles. The first kappa shape index (κ1) is 19.9. The summed E-state index contributed by atoms with van der Waals surface area (Å²) in [6, 6.07) is 13.3. The quantitative estimate of drug-likeness (QED) is 0.759. The molecular weight excluding hydrogens is 354 g/mol. The first-order valence-corrected chi connectivity index (χ1v) is 9.40. The lowest BCUT2D eigenvalue weighted by Crippen LogP contribution is -2.32. The third-order valence-electron chi connectivity index (χ3n) is 3.89. The minimum Gasteiger partial charge on any atom is -0.495 e. The van der Waals surface area contributed by atoms with Crippen molar-refractivity contribution in [2.75, 3.05) is 27.7 Å². The van der Waals surface area contributed by atoms with Crippen molar-refractivity contribution in [3.63, 3.8) is 0 Å². The summed E-state index contributed by atoms with van der Waals surface area (Å²) in [6.07, 6.45) is 0. The minimum absolute atomic E-state index is 0.0648. The molecule has 140 valence electrons. The van der Waals surface area contributed by atoms with Gasteiger partial charge in [0.15, 0.2) is 0 Å². The monoisotopic (exact) mass is 377 g/mol. The molecular formula is C18H23N3O4S. The largest absolute Gasteiger partial charge is 0.495 e. The number of ether oxygens (including phenoxy) is 1. The van der Waals surface area contributed by atoms with Crippen LogP contribution in [0.1, 0.15) is 22.0 Å². The van der Waals surface area contributed by atoms with Crippen molar-refractivity contribution < 1.29 is 17.9 Å². The maximum absolute atomic E-state index is 12.4. The minimum atomic E-state index is -3.75. The van der Waals surface area contributed by atoms with E-state index >= 15 is 0 Å². The highest BCUT2D eigenvalue weighted by atomic mass is 32.2. The van der Waals surface area contributed by atoms with E-state index in [4.69, 9.17) is 10.5 Å². The van der Waals surface area contributed by atoms with Crippen LogP contribution in [0.4, 0.5) is 0 Å². The highest BCUT2D eigenvalue weighted by molar-refractivity contribution is 7.89. The van der Waals surface area contributed by atoms with Crippen LogP contribution < -0.4 is 15.8 Å². The second-order valence-electron chi connectivity index (χ2n) is 5.88. The Morgan fingerprint density at radius 2 is 1.85 bits per heavy atom. The molecule has 8 heteroatoms. The van der Waals surface area contributed by atoms with E-state index in [2.05, 4.69) is 5.32 Å². The fourth-order valence-electron chi connectivity index (χ4n) is 2.34. The van der Waals surface area contributed by atoms with E-state index in [-0.39, 0.29) is 28.8 Å². The molecule has 2 aromatic rings. The molecule has 7 nitrogen and oxygen atoms in total. The zero-order chi connectivity index (χ0) is 19.3. The Labute approximate surface area is 153 Å². The summed E-state index contributed by atoms with van der Waals surface area (Å²) in [5, 5.41) is 2.73. The Bertz CT molecular complexity index is 867.